The van der Waals surface area contributed by atoms with Crippen LogP contribution in [0.1, 0.15) is 22.3 Å². The molecule has 130 valence electrons. The van der Waals surface area contributed by atoms with Gasteiger partial charge in [0, 0.05) is 57.8 Å². The molecule has 2 aromatic carbocycles. The van der Waals surface area contributed by atoms with Crippen molar-refractivity contribution in [1.82, 2.24) is 0 Å². The van der Waals surface area contributed by atoms with Crippen LogP contribution in [0.3, 0.4) is 0 Å². The van der Waals surface area contributed by atoms with Crippen molar-refractivity contribution >= 4 is 56.6 Å². The standard InChI is InChI=1S/C20H26I2N2/c1-11-9-15(21)17(13(3)19(11)23(5)6)18-14(4)20(24(7)8)12(2)10-16(18)22/h9-10H,1-8H3. The molecule has 0 fully saturated rings. The van der Waals surface area contributed by atoms with Crippen LogP contribution in [-0.2, 0) is 0 Å². The molecule has 0 heterocycles. The molecule has 2 rings (SSSR count). The van der Waals surface area contributed by atoms with E-state index in [9.17, 15) is 0 Å². The second-order valence-electron chi connectivity index (χ2n) is 6.84. The predicted molar refractivity (Wildman–Crippen MR) is 125 cm³/mol. The van der Waals surface area contributed by atoms with Gasteiger partial charge in [0.25, 0.3) is 0 Å². The van der Waals surface area contributed by atoms with Gasteiger partial charge in [-0.2, -0.15) is 0 Å². The molecule has 24 heavy (non-hydrogen) atoms. The van der Waals surface area contributed by atoms with Gasteiger partial charge in [-0.25, -0.2) is 0 Å². The quantitative estimate of drug-likeness (QED) is 0.439. The topological polar surface area (TPSA) is 6.48 Å². The smallest absolute Gasteiger partial charge is 0.0427 e. The van der Waals surface area contributed by atoms with Gasteiger partial charge in [-0.05, 0) is 107 Å². The van der Waals surface area contributed by atoms with Crippen LogP contribution in [0.15, 0.2) is 12.1 Å². The molecule has 0 atom stereocenters. The Hall–Kier alpha value is -0.500. The summed E-state index contributed by atoms with van der Waals surface area (Å²) < 4.78 is 2.64. The first-order valence-electron chi connectivity index (χ1n) is 8.02. The fraction of sp³-hybridized carbons (Fsp3) is 0.400. The SMILES string of the molecule is Cc1cc(I)c(-c2c(I)cc(C)c(N(C)C)c2C)c(C)c1N(C)C. The number of anilines is 2. The third kappa shape index (κ3) is 3.41. The maximum absolute atomic E-state index is 2.49. The van der Waals surface area contributed by atoms with Gasteiger partial charge in [-0.1, -0.05) is 0 Å². The van der Waals surface area contributed by atoms with E-state index in [0.717, 1.165) is 0 Å². The van der Waals surface area contributed by atoms with Crippen molar-refractivity contribution in [3.05, 3.63) is 41.5 Å². The molecule has 0 spiro atoms. The Morgan fingerprint density at radius 3 is 1.17 bits per heavy atom. The van der Waals surface area contributed by atoms with Crippen LogP contribution < -0.4 is 9.80 Å². The van der Waals surface area contributed by atoms with Crippen LogP contribution >= 0.6 is 45.2 Å². The molecule has 0 unspecified atom stereocenters. The van der Waals surface area contributed by atoms with Gasteiger partial charge in [0.1, 0.15) is 0 Å². The Bertz CT molecular complexity index is 726. The highest BCUT2D eigenvalue weighted by Crippen LogP contribution is 2.43. The van der Waals surface area contributed by atoms with E-state index in [0.29, 0.717) is 0 Å². The summed E-state index contributed by atoms with van der Waals surface area (Å²) in [5.41, 5.74) is 10.8. The molecule has 0 bridgehead atoms. The second-order valence-corrected chi connectivity index (χ2v) is 9.16. The summed E-state index contributed by atoms with van der Waals surface area (Å²) in [7, 11) is 8.52. The van der Waals surface area contributed by atoms with Crippen LogP contribution in [0.4, 0.5) is 11.4 Å². The van der Waals surface area contributed by atoms with Gasteiger partial charge < -0.3 is 9.80 Å². The summed E-state index contributed by atoms with van der Waals surface area (Å²) in [6.07, 6.45) is 0. The highest BCUT2D eigenvalue weighted by atomic mass is 127. The van der Waals surface area contributed by atoms with Crippen LogP contribution in [0, 0.1) is 34.8 Å². The van der Waals surface area contributed by atoms with Crippen LogP contribution in [0.2, 0.25) is 0 Å². The lowest BCUT2D eigenvalue weighted by Crippen LogP contribution is -2.15. The van der Waals surface area contributed by atoms with Crippen molar-refractivity contribution < 1.29 is 0 Å². The lowest BCUT2D eigenvalue weighted by Gasteiger charge is -2.26. The maximum atomic E-state index is 2.49. The van der Waals surface area contributed by atoms with Gasteiger partial charge in [-0.3, -0.25) is 0 Å². The van der Waals surface area contributed by atoms with E-state index in [2.05, 4.69) is 123 Å². The average molecular weight is 548 g/mol. The van der Waals surface area contributed by atoms with Gasteiger partial charge in [0.05, 0.1) is 0 Å². The normalized spacial score (nSPS) is 10.9. The number of halogens is 2. The first kappa shape index (κ1) is 19.8. The molecule has 0 radical (unpaired) electrons. The van der Waals surface area contributed by atoms with Crippen molar-refractivity contribution in [3.8, 4) is 11.1 Å². The highest BCUT2D eigenvalue weighted by molar-refractivity contribution is 14.1. The van der Waals surface area contributed by atoms with Crippen LogP contribution in [0.5, 0.6) is 0 Å². The third-order valence-electron chi connectivity index (χ3n) is 4.52. The summed E-state index contributed by atoms with van der Waals surface area (Å²) in [5.74, 6) is 0. The average Bonchev–Trinajstić information content (AvgIpc) is 2.40. The van der Waals surface area contributed by atoms with Crippen LogP contribution in [0.25, 0.3) is 11.1 Å². The largest absolute Gasteiger partial charge is 0.377 e. The molecule has 0 aliphatic carbocycles. The minimum atomic E-state index is 1.32. The molecule has 2 aromatic rings. The zero-order valence-electron chi connectivity index (χ0n) is 15.8. The minimum absolute atomic E-state index is 1.32. The Morgan fingerprint density at radius 1 is 0.625 bits per heavy atom. The predicted octanol–water partition coefficient (Wildman–Crippen LogP) is 5.93. The molecule has 0 saturated heterocycles. The number of hydrogen-bond donors (Lipinski definition) is 0. The minimum Gasteiger partial charge on any atom is -0.377 e. The number of aryl methyl sites for hydroxylation is 2. The lowest BCUT2D eigenvalue weighted by atomic mass is 9.91. The number of hydrogen-bond acceptors (Lipinski definition) is 2. The summed E-state index contributed by atoms with van der Waals surface area (Å²) in [6, 6.07) is 4.62. The van der Waals surface area contributed by atoms with E-state index in [4.69, 9.17) is 0 Å². The molecular weight excluding hydrogens is 522 g/mol. The molecule has 0 saturated carbocycles. The summed E-state index contributed by atoms with van der Waals surface area (Å²) in [4.78, 5) is 4.46. The van der Waals surface area contributed by atoms with Gasteiger partial charge in [-0.15, -0.1) is 0 Å². The molecule has 0 N–H and O–H groups in total. The molecule has 0 aromatic heterocycles. The van der Waals surface area contributed by atoms with E-state index in [1.54, 1.807) is 0 Å². The summed E-state index contributed by atoms with van der Waals surface area (Å²) >= 11 is 4.98. The van der Waals surface area contributed by atoms with Gasteiger partial charge >= 0.3 is 0 Å². The van der Waals surface area contributed by atoms with E-state index < -0.39 is 0 Å². The summed E-state index contributed by atoms with van der Waals surface area (Å²) in [6.45, 7) is 8.91. The van der Waals surface area contributed by atoms with E-state index >= 15 is 0 Å². The van der Waals surface area contributed by atoms with E-state index in [-0.39, 0.29) is 0 Å². The fourth-order valence-electron chi connectivity index (χ4n) is 3.84. The van der Waals surface area contributed by atoms with Gasteiger partial charge in [0.2, 0.25) is 0 Å². The highest BCUT2D eigenvalue weighted by Gasteiger charge is 2.21. The van der Waals surface area contributed by atoms with Gasteiger partial charge in [0.15, 0.2) is 0 Å². The monoisotopic (exact) mass is 548 g/mol. The maximum Gasteiger partial charge on any atom is 0.0427 e. The van der Waals surface area contributed by atoms with Crippen molar-refractivity contribution in [3.63, 3.8) is 0 Å². The zero-order valence-corrected chi connectivity index (χ0v) is 20.1. The Balaban J connectivity index is 2.93. The number of benzene rings is 2. The van der Waals surface area contributed by atoms with E-state index in [1.165, 1.54) is 51.9 Å². The zero-order chi connectivity index (χ0) is 18.3. The number of rotatable bonds is 3. The van der Waals surface area contributed by atoms with Crippen LogP contribution in [-0.4, -0.2) is 28.2 Å². The molecule has 0 aliphatic rings. The number of nitrogens with zero attached hydrogens (tertiary/aromatic N) is 2. The lowest BCUT2D eigenvalue weighted by molar-refractivity contribution is 1.09. The van der Waals surface area contributed by atoms with Crippen molar-refractivity contribution in [2.75, 3.05) is 38.0 Å². The first-order valence-corrected chi connectivity index (χ1v) is 10.2. The summed E-state index contributed by atoms with van der Waals surface area (Å²) in [5, 5.41) is 0. The molecule has 0 aliphatic heterocycles. The Labute approximate surface area is 173 Å². The molecule has 2 nitrogen and oxygen atoms in total. The Kier molecular flexibility index (Phi) is 6.11. The first-order chi connectivity index (χ1) is 11.1. The molecular formula is C20H26I2N2. The molecule has 0 amide bonds. The fourth-order valence-corrected chi connectivity index (χ4v) is 6.12. The van der Waals surface area contributed by atoms with Crippen molar-refractivity contribution in [2.45, 2.75) is 27.7 Å². The third-order valence-corrected chi connectivity index (χ3v) is 6.22. The molecule has 4 heteroatoms. The van der Waals surface area contributed by atoms with E-state index in [1.807, 2.05) is 0 Å². The Morgan fingerprint density at radius 2 is 0.917 bits per heavy atom. The second kappa shape index (κ2) is 7.40. The van der Waals surface area contributed by atoms with Crippen molar-refractivity contribution in [1.29, 1.82) is 0 Å². The van der Waals surface area contributed by atoms with Crippen molar-refractivity contribution in [2.24, 2.45) is 0 Å².